The molecular weight excluding hydrogens is 302 g/mol. The van der Waals surface area contributed by atoms with Gasteiger partial charge in [0.2, 0.25) is 11.8 Å². The molecule has 0 amide bonds. The minimum Gasteiger partial charge on any atom is -0.436 e. The third-order valence-corrected chi connectivity index (χ3v) is 3.51. The van der Waals surface area contributed by atoms with Gasteiger partial charge in [0, 0.05) is 29.8 Å². The molecule has 0 bridgehead atoms. The smallest absolute Gasteiger partial charge is 0.235 e. The van der Waals surface area contributed by atoms with Crippen molar-refractivity contribution in [2.75, 3.05) is 0 Å². The number of oxazole rings is 1. The first-order valence-corrected chi connectivity index (χ1v) is 6.97. The minimum atomic E-state index is 0.464. The van der Waals surface area contributed by atoms with Crippen LogP contribution in [0.2, 0.25) is 5.02 Å². The lowest BCUT2D eigenvalue weighted by Gasteiger charge is -2.02. The molecule has 0 saturated heterocycles. The van der Waals surface area contributed by atoms with Crippen LogP contribution in [0, 0.1) is 6.92 Å². The Hall–Kier alpha value is -2.73. The lowest BCUT2D eigenvalue weighted by Crippen LogP contribution is -2.01. The molecule has 22 heavy (non-hydrogen) atoms. The summed E-state index contributed by atoms with van der Waals surface area (Å²) in [5.41, 5.74) is 2.08. The third kappa shape index (κ3) is 2.14. The molecule has 0 radical (unpaired) electrons. The highest BCUT2D eigenvalue weighted by Crippen LogP contribution is 2.25. The fourth-order valence-corrected chi connectivity index (χ4v) is 2.34. The molecule has 0 saturated carbocycles. The lowest BCUT2D eigenvalue weighted by atomic mass is 10.3. The maximum atomic E-state index is 5.95. The van der Waals surface area contributed by atoms with Gasteiger partial charge in [-0.15, -0.1) is 0 Å². The van der Waals surface area contributed by atoms with Crippen molar-refractivity contribution in [1.82, 2.24) is 24.5 Å². The van der Waals surface area contributed by atoms with E-state index in [4.69, 9.17) is 16.0 Å². The maximum Gasteiger partial charge on any atom is 0.235 e. The van der Waals surface area contributed by atoms with Crippen molar-refractivity contribution in [2.45, 2.75) is 6.92 Å². The largest absolute Gasteiger partial charge is 0.436 e. The second-order valence-corrected chi connectivity index (χ2v) is 5.18. The van der Waals surface area contributed by atoms with E-state index in [0.717, 1.165) is 5.82 Å². The van der Waals surface area contributed by atoms with Gasteiger partial charge >= 0.3 is 0 Å². The highest BCUT2D eigenvalue weighted by molar-refractivity contribution is 6.31. The van der Waals surface area contributed by atoms with Gasteiger partial charge in [0.15, 0.2) is 5.58 Å². The normalized spacial score (nSPS) is 11.2. The van der Waals surface area contributed by atoms with E-state index < -0.39 is 0 Å². The topological polar surface area (TPSA) is 69.6 Å². The van der Waals surface area contributed by atoms with Crippen LogP contribution in [-0.2, 0) is 0 Å². The van der Waals surface area contributed by atoms with Crippen molar-refractivity contribution in [3.8, 4) is 17.4 Å². The molecule has 0 aliphatic rings. The summed E-state index contributed by atoms with van der Waals surface area (Å²) in [7, 11) is 0. The molecule has 4 aromatic rings. The number of imidazole rings is 1. The zero-order valence-electron chi connectivity index (χ0n) is 11.6. The van der Waals surface area contributed by atoms with Gasteiger partial charge < -0.3 is 4.42 Å². The molecule has 7 heteroatoms. The van der Waals surface area contributed by atoms with Crippen LogP contribution in [-0.4, -0.2) is 24.5 Å². The van der Waals surface area contributed by atoms with Crippen molar-refractivity contribution in [3.05, 3.63) is 53.8 Å². The second kappa shape index (κ2) is 4.92. The van der Waals surface area contributed by atoms with E-state index in [0.29, 0.717) is 33.5 Å². The van der Waals surface area contributed by atoms with Crippen molar-refractivity contribution in [3.63, 3.8) is 0 Å². The first-order chi connectivity index (χ1) is 10.7. The van der Waals surface area contributed by atoms with E-state index in [2.05, 4.69) is 19.9 Å². The van der Waals surface area contributed by atoms with Gasteiger partial charge in [-0.25, -0.2) is 19.9 Å². The van der Waals surface area contributed by atoms with Crippen LogP contribution < -0.4 is 0 Å². The van der Waals surface area contributed by atoms with Crippen LogP contribution >= 0.6 is 11.6 Å². The fourth-order valence-electron chi connectivity index (χ4n) is 2.17. The summed E-state index contributed by atoms with van der Waals surface area (Å²) in [5.74, 6) is 1.84. The Kier molecular flexibility index (Phi) is 2.90. The van der Waals surface area contributed by atoms with Crippen molar-refractivity contribution < 1.29 is 4.42 Å². The number of aromatic nitrogens is 5. The van der Waals surface area contributed by atoms with Crippen LogP contribution in [0.25, 0.3) is 28.5 Å². The summed E-state index contributed by atoms with van der Waals surface area (Å²) < 4.78 is 7.50. The van der Waals surface area contributed by atoms with Crippen LogP contribution in [0.5, 0.6) is 0 Å². The molecule has 1 aromatic carbocycles. The zero-order valence-corrected chi connectivity index (χ0v) is 12.3. The van der Waals surface area contributed by atoms with Crippen LogP contribution in [0.1, 0.15) is 5.82 Å². The summed E-state index contributed by atoms with van der Waals surface area (Å²) in [5, 5.41) is 0.620. The quantitative estimate of drug-likeness (QED) is 0.567. The monoisotopic (exact) mass is 311 g/mol. The van der Waals surface area contributed by atoms with Crippen LogP contribution in [0.4, 0.5) is 0 Å². The van der Waals surface area contributed by atoms with E-state index >= 15 is 0 Å². The molecule has 0 atom stereocenters. The second-order valence-electron chi connectivity index (χ2n) is 4.75. The van der Waals surface area contributed by atoms with Crippen molar-refractivity contribution >= 4 is 22.7 Å². The summed E-state index contributed by atoms with van der Waals surface area (Å²) in [6.45, 7) is 1.89. The minimum absolute atomic E-state index is 0.464. The van der Waals surface area contributed by atoms with Gasteiger partial charge in [0.05, 0.1) is 5.56 Å². The zero-order chi connectivity index (χ0) is 15.1. The van der Waals surface area contributed by atoms with Gasteiger partial charge in [0.25, 0.3) is 0 Å². The first-order valence-electron chi connectivity index (χ1n) is 6.59. The Balaban J connectivity index is 1.74. The van der Waals surface area contributed by atoms with Gasteiger partial charge in [-0.3, -0.25) is 4.57 Å². The SMILES string of the molecule is Cc1nccn1-c1ncc(-c2nc3cc(Cl)ccc3o2)cn1. The molecule has 0 fully saturated rings. The molecule has 0 spiro atoms. The van der Waals surface area contributed by atoms with E-state index in [1.165, 1.54) is 0 Å². The Labute approximate surface area is 130 Å². The van der Waals surface area contributed by atoms with Crippen molar-refractivity contribution in [2.24, 2.45) is 0 Å². The van der Waals surface area contributed by atoms with Crippen molar-refractivity contribution in [1.29, 1.82) is 0 Å². The highest BCUT2D eigenvalue weighted by Gasteiger charge is 2.10. The molecule has 4 rings (SSSR count). The standard InChI is InChI=1S/C15H10ClN5O/c1-9-17-4-5-21(9)15-18-7-10(8-19-15)14-20-12-6-11(16)2-3-13(12)22-14/h2-8H,1H3. The molecule has 3 heterocycles. The summed E-state index contributed by atoms with van der Waals surface area (Å²) in [4.78, 5) is 17.2. The van der Waals surface area contributed by atoms with E-state index in [9.17, 15) is 0 Å². The number of hydrogen-bond acceptors (Lipinski definition) is 5. The molecule has 6 nitrogen and oxygen atoms in total. The number of halogens is 1. The predicted molar refractivity (Wildman–Crippen MR) is 81.9 cm³/mol. The Morgan fingerprint density at radius 1 is 1.14 bits per heavy atom. The summed E-state index contributed by atoms with van der Waals surface area (Å²) >= 11 is 5.95. The van der Waals surface area contributed by atoms with Crippen LogP contribution in [0.15, 0.2) is 47.4 Å². The number of nitrogens with zero attached hydrogens (tertiary/aromatic N) is 5. The van der Waals surface area contributed by atoms with Gasteiger partial charge in [-0.2, -0.15) is 0 Å². The van der Waals surface area contributed by atoms with E-state index in [-0.39, 0.29) is 0 Å². The average Bonchev–Trinajstić information content (AvgIpc) is 3.13. The van der Waals surface area contributed by atoms with E-state index in [1.54, 1.807) is 41.4 Å². The van der Waals surface area contributed by atoms with Crippen LogP contribution in [0.3, 0.4) is 0 Å². The highest BCUT2D eigenvalue weighted by atomic mass is 35.5. The molecule has 108 valence electrons. The Bertz CT molecular complexity index is 958. The maximum absolute atomic E-state index is 5.95. The molecule has 0 unspecified atom stereocenters. The first kappa shape index (κ1) is 13.0. The number of rotatable bonds is 2. The third-order valence-electron chi connectivity index (χ3n) is 3.28. The molecular formula is C15H10ClN5O. The molecule has 0 aliphatic heterocycles. The number of fused-ring (bicyclic) bond motifs is 1. The van der Waals surface area contributed by atoms with Gasteiger partial charge in [-0.1, -0.05) is 11.6 Å². The summed E-state index contributed by atoms with van der Waals surface area (Å²) in [6.07, 6.45) is 6.87. The Morgan fingerprint density at radius 2 is 1.95 bits per heavy atom. The average molecular weight is 312 g/mol. The molecule has 0 N–H and O–H groups in total. The Morgan fingerprint density at radius 3 is 2.68 bits per heavy atom. The van der Waals surface area contributed by atoms with Gasteiger partial charge in [0.1, 0.15) is 11.3 Å². The fraction of sp³-hybridized carbons (Fsp3) is 0.0667. The summed E-state index contributed by atoms with van der Waals surface area (Å²) in [6, 6.07) is 5.31. The predicted octanol–water partition coefficient (Wildman–Crippen LogP) is 3.43. The van der Waals surface area contributed by atoms with Gasteiger partial charge in [-0.05, 0) is 25.1 Å². The molecule has 0 aliphatic carbocycles. The number of benzene rings is 1. The number of hydrogen-bond donors (Lipinski definition) is 0. The number of aryl methyl sites for hydroxylation is 1. The molecule has 3 aromatic heterocycles. The lowest BCUT2D eigenvalue weighted by molar-refractivity contribution is 0.619. The van der Waals surface area contributed by atoms with E-state index in [1.807, 2.05) is 13.1 Å².